The number of nitrogens with zero attached hydrogens (tertiary/aromatic N) is 1. The van der Waals surface area contributed by atoms with Gasteiger partial charge >= 0.3 is 6.18 Å². The quantitative estimate of drug-likeness (QED) is 0.691. The van der Waals surface area contributed by atoms with E-state index in [1.807, 2.05) is 6.92 Å². The highest BCUT2D eigenvalue weighted by Crippen LogP contribution is 2.19. The molecule has 0 fully saturated rings. The van der Waals surface area contributed by atoms with Crippen LogP contribution in [0.4, 0.5) is 13.2 Å². The van der Waals surface area contributed by atoms with E-state index in [0.29, 0.717) is 6.54 Å². The smallest absolute Gasteiger partial charge is 0.305 e. The third kappa shape index (κ3) is 8.33. The van der Waals surface area contributed by atoms with Crippen molar-refractivity contribution < 1.29 is 13.2 Å². The number of halogens is 4. The molecule has 0 saturated heterocycles. The summed E-state index contributed by atoms with van der Waals surface area (Å²) in [6.45, 7) is 2.61. The van der Waals surface area contributed by atoms with E-state index < -0.39 is 12.6 Å². The summed E-state index contributed by atoms with van der Waals surface area (Å²) in [5, 5.41) is 0. The van der Waals surface area contributed by atoms with Gasteiger partial charge in [0.1, 0.15) is 0 Å². The molecular weight excluding hydrogens is 235 g/mol. The minimum atomic E-state index is -4.04. The Morgan fingerprint density at radius 3 is 2.25 bits per heavy atom. The number of rotatable bonds is 4. The molecule has 0 heterocycles. The molecule has 0 rings (SSSR count). The van der Waals surface area contributed by atoms with Crippen molar-refractivity contribution in [3.63, 3.8) is 0 Å². The van der Waals surface area contributed by atoms with Gasteiger partial charge in [0.05, 0.1) is 6.42 Å². The van der Waals surface area contributed by atoms with Crippen LogP contribution in [0.1, 0.15) is 13.3 Å². The molecule has 12 heavy (non-hydrogen) atoms. The second-order valence-electron chi connectivity index (χ2n) is 2.91. The van der Waals surface area contributed by atoms with E-state index in [-0.39, 0.29) is 11.4 Å². The first-order chi connectivity index (χ1) is 5.31. The van der Waals surface area contributed by atoms with Crippen LogP contribution in [-0.2, 0) is 0 Å². The average molecular weight is 248 g/mol. The molecule has 0 amide bonds. The summed E-state index contributed by atoms with van der Waals surface area (Å²) >= 11 is 3.27. The van der Waals surface area contributed by atoms with Gasteiger partial charge in [0.15, 0.2) is 0 Å². The minimum absolute atomic E-state index is 0.0689. The van der Waals surface area contributed by atoms with Crippen molar-refractivity contribution in [3.05, 3.63) is 0 Å². The van der Waals surface area contributed by atoms with Gasteiger partial charge in [-0.25, -0.2) is 0 Å². The second kappa shape index (κ2) is 5.07. The Morgan fingerprint density at radius 2 is 1.92 bits per heavy atom. The molecular formula is C7H13BrF3N. The molecule has 74 valence electrons. The first-order valence-corrected chi connectivity index (χ1v) is 4.62. The lowest BCUT2D eigenvalue weighted by Gasteiger charge is -2.18. The maximum Gasteiger partial charge on any atom is 0.390 e. The van der Waals surface area contributed by atoms with E-state index in [4.69, 9.17) is 0 Å². The fraction of sp³-hybridized carbons (Fsp3) is 1.00. The van der Waals surface area contributed by atoms with Gasteiger partial charge in [0.2, 0.25) is 0 Å². The highest BCUT2D eigenvalue weighted by Gasteiger charge is 2.27. The summed E-state index contributed by atoms with van der Waals surface area (Å²) in [7, 11) is 1.68. The molecule has 0 saturated carbocycles. The molecule has 0 N–H and O–H groups in total. The van der Waals surface area contributed by atoms with Gasteiger partial charge in [-0.3, -0.25) is 0 Å². The molecule has 0 spiro atoms. The van der Waals surface area contributed by atoms with Gasteiger partial charge in [-0.1, -0.05) is 22.9 Å². The minimum Gasteiger partial charge on any atom is -0.305 e. The Labute approximate surface area is 79.1 Å². The Balaban J connectivity index is 3.51. The van der Waals surface area contributed by atoms with Crippen LogP contribution in [-0.4, -0.2) is 36.0 Å². The molecule has 0 aromatic carbocycles. The molecule has 1 atom stereocenters. The zero-order chi connectivity index (χ0) is 9.78. The number of hydrogen-bond donors (Lipinski definition) is 0. The van der Waals surface area contributed by atoms with Gasteiger partial charge in [0.25, 0.3) is 0 Å². The third-order valence-electron chi connectivity index (χ3n) is 1.34. The van der Waals surface area contributed by atoms with Crippen LogP contribution < -0.4 is 0 Å². The summed E-state index contributed by atoms with van der Waals surface area (Å²) < 4.78 is 35.1. The van der Waals surface area contributed by atoms with E-state index in [0.717, 1.165) is 0 Å². The fourth-order valence-electron chi connectivity index (χ4n) is 0.838. The first-order valence-electron chi connectivity index (χ1n) is 3.70. The third-order valence-corrected chi connectivity index (χ3v) is 1.63. The van der Waals surface area contributed by atoms with Gasteiger partial charge in [-0.2, -0.15) is 13.2 Å². The summed E-state index contributed by atoms with van der Waals surface area (Å²) in [6.07, 6.45) is -4.77. The van der Waals surface area contributed by atoms with Crippen LogP contribution in [0, 0.1) is 0 Å². The molecule has 0 aliphatic heterocycles. The van der Waals surface area contributed by atoms with Gasteiger partial charge in [0, 0.05) is 17.9 Å². The van der Waals surface area contributed by atoms with Crippen molar-refractivity contribution in [2.24, 2.45) is 0 Å². The highest BCUT2D eigenvalue weighted by molar-refractivity contribution is 9.09. The molecule has 0 aliphatic rings. The molecule has 0 radical (unpaired) electrons. The van der Waals surface area contributed by atoms with E-state index >= 15 is 0 Å². The molecule has 1 unspecified atom stereocenters. The lowest BCUT2D eigenvalue weighted by Crippen LogP contribution is -2.28. The Bertz CT molecular complexity index is 124. The van der Waals surface area contributed by atoms with Crippen molar-refractivity contribution in [1.82, 2.24) is 4.90 Å². The largest absolute Gasteiger partial charge is 0.390 e. The topological polar surface area (TPSA) is 3.24 Å². The molecule has 1 nitrogen and oxygen atoms in total. The van der Waals surface area contributed by atoms with Crippen molar-refractivity contribution in [2.45, 2.75) is 24.3 Å². The van der Waals surface area contributed by atoms with E-state index in [1.54, 1.807) is 11.9 Å². The predicted octanol–water partition coefficient (Wildman–Crippen LogP) is 2.65. The lowest BCUT2D eigenvalue weighted by molar-refractivity contribution is -0.137. The van der Waals surface area contributed by atoms with Gasteiger partial charge in [-0.05, 0) is 7.05 Å². The zero-order valence-corrected chi connectivity index (χ0v) is 8.74. The van der Waals surface area contributed by atoms with Crippen LogP contribution in [0.15, 0.2) is 0 Å². The normalized spacial score (nSPS) is 15.2. The summed E-state index contributed by atoms with van der Waals surface area (Å²) in [5.74, 6) is 0. The molecule has 0 bridgehead atoms. The maximum atomic E-state index is 11.7. The zero-order valence-electron chi connectivity index (χ0n) is 7.16. The second-order valence-corrected chi connectivity index (χ2v) is 4.47. The summed E-state index contributed by atoms with van der Waals surface area (Å²) in [4.78, 5) is 1.89. The standard InChI is InChI=1S/C7H13BrF3N/c1-6(8)5-12(2)4-3-7(9,10)11/h6H,3-5H2,1-2H3. The molecule has 0 aromatic rings. The van der Waals surface area contributed by atoms with Crippen LogP contribution in [0.2, 0.25) is 0 Å². The van der Waals surface area contributed by atoms with E-state index in [2.05, 4.69) is 15.9 Å². The van der Waals surface area contributed by atoms with Crippen LogP contribution in [0.5, 0.6) is 0 Å². The fourth-order valence-corrected chi connectivity index (χ4v) is 1.33. The first kappa shape index (κ1) is 12.2. The van der Waals surface area contributed by atoms with Crippen LogP contribution in [0.25, 0.3) is 0 Å². The molecule has 5 heteroatoms. The Kier molecular flexibility index (Phi) is 5.16. The number of hydrogen-bond acceptors (Lipinski definition) is 1. The SMILES string of the molecule is CC(Br)CN(C)CCC(F)(F)F. The summed E-state index contributed by atoms with van der Waals surface area (Å²) in [5.41, 5.74) is 0. The van der Waals surface area contributed by atoms with Crippen molar-refractivity contribution in [1.29, 1.82) is 0 Å². The average Bonchev–Trinajstić information content (AvgIpc) is 1.80. The predicted molar refractivity (Wildman–Crippen MR) is 46.6 cm³/mol. The summed E-state index contributed by atoms with van der Waals surface area (Å²) in [6, 6.07) is 0. The lowest BCUT2D eigenvalue weighted by atomic mass is 10.3. The van der Waals surface area contributed by atoms with Gasteiger partial charge < -0.3 is 4.90 Å². The van der Waals surface area contributed by atoms with E-state index in [9.17, 15) is 13.2 Å². The van der Waals surface area contributed by atoms with Gasteiger partial charge in [-0.15, -0.1) is 0 Å². The highest BCUT2D eigenvalue weighted by atomic mass is 79.9. The maximum absolute atomic E-state index is 11.7. The van der Waals surface area contributed by atoms with Crippen molar-refractivity contribution in [2.75, 3.05) is 20.1 Å². The number of alkyl halides is 4. The monoisotopic (exact) mass is 247 g/mol. The van der Waals surface area contributed by atoms with Crippen molar-refractivity contribution in [3.8, 4) is 0 Å². The van der Waals surface area contributed by atoms with Crippen molar-refractivity contribution >= 4 is 15.9 Å². The van der Waals surface area contributed by atoms with Crippen LogP contribution >= 0.6 is 15.9 Å². The Hall–Kier alpha value is 0.230. The van der Waals surface area contributed by atoms with Crippen LogP contribution in [0.3, 0.4) is 0 Å². The molecule has 0 aliphatic carbocycles. The Morgan fingerprint density at radius 1 is 1.42 bits per heavy atom. The van der Waals surface area contributed by atoms with E-state index in [1.165, 1.54) is 0 Å². The molecule has 0 aromatic heterocycles.